The van der Waals surface area contributed by atoms with Gasteiger partial charge in [0, 0.05) is 13.1 Å². The fraction of sp³-hybridized carbons (Fsp3) is 0.909. The summed E-state index contributed by atoms with van der Waals surface area (Å²) in [5.41, 5.74) is 5.14. The van der Waals surface area contributed by atoms with Gasteiger partial charge in [0.1, 0.15) is 5.92 Å². The van der Waals surface area contributed by atoms with Crippen LogP contribution < -0.4 is 5.73 Å². The molecule has 18 heavy (non-hydrogen) atoms. The van der Waals surface area contributed by atoms with E-state index in [1.165, 1.54) is 0 Å². The standard InChI is InChI=1S/C11H20F3N3O/c1-7-3-4-17(5-8(7)2)6-9(10(15)16-18)11(12,13)14/h7-9,18H,3-6H2,1-2H3,(H2,15,16). The molecule has 3 N–H and O–H groups in total. The van der Waals surface area contributed by atoms with E-state index >= 15 is 0 Å². The van der Waals surface area contributed by atoms with E-state index in [0.717, 1.165) is 6.42 Å². The number of hydrogen-bond donors (Lipinski definition) is 2. The minimum absolute atomic E-state index is 0.240. The minimum atomic E-state index is -4.48. The van der Waals surface area contributed by atoms with Crippen LogP contribution in [-0.2, 0) is 0 Å². The van der Waals surface area contributed by atoms with Crippen molar-refractivity contribution in [2.75, 3.05) is 19.6 Å². The maximum Gasteiger partial charge on any atom is 0.400 e. The normalized spacial score (nSPS) is 29.3. The lowest BCUT2D eigenvalue weighted by molar-refractivity contribution is -0.161. The number of oxime groups is 1. The fourth-order valence-corrected chi connectivity index (χ4v) is 2.21. The molecule has 0 amide bonds. The molecule has 0 aromatic carbocycles. The van der Waals surface area contributed by atoms with E-state index in [-0.39, 0.29) is 6.54 Å². The topological polar surface area (TPSA) is 61.8 Å². The maximum absolute atomic E-state index is 12.8. The van der Waals surface area contributed by atoms with Gasteiger partial charge in [0.05, 0.1) is 0 Å². The second-order valence-corrected chi connectivity index (χ2v) is 5.12. The molecule has 1 aliphatic heterocycles. The summed E-state index contributed by atoms with van der Waals surface area (Å²) in [4.78, 5) is 1.74. The molecular weight excluding hydrogens is 247 g/mol. The Morgan fingerprint density at radius 3 is 2.50 bits per heavy atom. The van der Waals surface area contributed by atoms with Crippen LogP contribution in [0.3, 0.4) is 0 Å². The molecule has 1 saturated heterocycles. The van der Waals surface area contributed by atoms with Crippen molar-refractivity contribution in [3.63, 3.8) is 0 Å². The third kappa shape index (κ3) is 3.76. The van der Waals surface area contributed by atoms with E-state index in [0.29, 0.717) is 24.9 Å². The summed E-state index contributed by atoms with van der Waals surface area (Å²) in [6, 6.07) is 0. The van der Waals surface area contributed by atoms with Gasteiger partial charge >= 0.3 is 6.18 Å². The molecule has 1 aliphatic rings. The van der Waals surface area contributed by atoms with E-state index in [4.69, 9.17) is 10.9 Å². The molecule has 3 unspecified atom stereocenters. The molecule has 3 atom stereocenters. The smallest absolute Gasteiger partial charge is 0.400 e. The number of nitrogens with two attached hydrogens (primary N) is 1. The maximum atomic E-state index is 12.8. The number of halogens is 3. The highest BCUT2D eigenvalue weighted by molar-refractivity contribution is 5.83. The number of hydrogen-bond acceptors (Lipinski definition) is 3. The Hall–Kier alpha value is -0.980. The summed E-state index contributed by atoms with van der Waals surface area (Å²) in [7, 11) is 0. The summed E-state index contributed by atoms with van der Waals surface area (Å²) < 4.78 is 38.4. The first-order chi connectivity index (χ1) is 8.25. The Balaban J connectivity index is 2.68. The van der Waals surface area contributed by atoms with Crippen LogP contribution in [0.1, 0.15) is 20.3 Å². The first-order valence-electron chi connectivity index (χ1n) is 6.02. The summed E-state index contributed by atoms with van der Waals surface area (Å²) in [5, 5.41) is 10.9. The van der Waals surface area contributed by atoms with Crippen molar-refractivity contribution >= 4 is 5.84 Å². The van der Waals surface area contributed by atoms with E-state index in [2.05, 4.69) is 12.1 Å². The molecule has 106 valence electrons. The molecule has 7 heteroatoms. The van der Waals surface area contributed by atoms with E-state index in [1.54, 1.807) is 4.90 Å². The van der Waals surface area contributed by atoms with Gasteiger partial charge in [-0.05, 0) is 24.8 Å². The van der Waals surface area contributed by atoms with Crippen molar-refractivity contribution in [3.8, 4) is 0 Å². The SMILES string of the molecule is CC1CCN(CC(C(N)=NO)C(F)(F)F)CC1C. The van der Waals surface area contributed by atoms with Crippen LogP contribution in [-0.4, -0.2) is 41.8 Å². The van der Waals surface area contributed by atoms with Crippen LogP contribution in [0.4, 0.5) is 13.2 Å². The summed E-state index contributed by atoms with van der Waals surface area (Å²) in [6.45, 7) is 5.13. The number of piperidine rings is 1. The number of amidine groups is 1. The van der Waals surface area contributed by atoms with Crippen LogP contribution in [0.5, 0.6) is 0 Å². The molecular formula is C11H20F3N3O. The van der Waals surface area contributed by atoms with E-state index < -0.39 is 17.9 Å². The first kappa shape index (κ1) is 15.1. The lowest BCUT2D eigenvalue weighted by Gasteiger charge is -2.37. The quantitative estimate of drug-likeness (QED) is 0.355. The molecule has 1 rings (SSSR count). The number of alkyl halides is 3. The summed E-state index contributed by atoms with van der Waals surface area (Å²) in [6.07, 6.45) is -3.61. The zero-order chi connectivity index (χ0) is 13.9. The molecule has 0 aliphatic carbocycles. The molecule has 4 nitrogen and oxygen atoms in total. The largest absolute Gasteiger partial charge is 0.409 e. The average Bonchev–Trinajstić information content (AvgIpc) is 2.28. The Labute approximate surface area is 105 Å². The van der Waals surface area contributed by atoms with Crippen LogP contribution in [0, 0.1) is 17.8 Å². The second-order valence-electron chi connectivity index (χ2n) is 5.12. The predicted molar refractivity (Wildman–Crippen MR) is 62.3 cm³/mol. The van der Waals surface area contributed by atoms with Gasteiger partial charge in [-0.3, -0.25) is 0 Å². The Kier molecular flexibility index (Phi) is 4.84. The third-order valence-corrected chi connectivity index (χ3v) is 3.73. The van der Waals surface area contributed by atoms with Gasteiger partial charge in [-0.15, -0.1) is 0 Å². The van der Waals surface area contributed by atoms with Crippen molar-refractivity contribution in [2.45, 2.75) is 26.4 Å². The van der Waals surface area contributed by atoms with Gasteiger partial charge < -0.3 is 15.8 Å². The summed E-state index contributed by atoms with van der Waals surface area (Å²) in [5.74, 6) is -1.79. The van der Waals surface area contributed by atoms with Crippen molar-refractivity contribution < 1.29 is 18.4 Å². The zero-order valence-corrected chi connectivity index (χ0v) is 10.6. The zero-order valence-electron chi connectivity index (χ0n) is 10.6. The van der Waals surface area contributed by atoms with Crippen LogP contribution in [0.2, 0.25) is 0 Å². The second kappa shape index (κ2) is 5.77. The van der Waals surface area contributed by atoms with Gasteiger partial charge in [-0.25, -0.2) is 0 Å². The molecule has 1 fully saturated rings. The van der Waals surface area contributed by atoms with E-state index in [9.17, 15) is 13.2 Å². The lowest BCUT2D eigenvalue weighted by Crippen LogP contribution is -2.48. The van der Waals surface area contributed by atoms with Gasteiger partial charge in [-0.2, -0.15) is 13.2 Å². The molecule has 0 spiro atoms. The monoisotopic (exact) mass is 267 g/mol. The first-order valence-corrected chi connectivity index (χ1v) is 6.02. The van der Waals surface area contributed by atoms with Crippen molar-refractivity contribution in [1.29, 1.82) is 0 Å². The molecule has 0 bridgehead atoms. The molecule has 0 aromatic rings. The minimum Gasteiger partial charge on any atom is -0.409 e. The van der Waals surface area contributed by atoms with Gasteiger partial charge in [-0.1, -0.05) is 19.0 Å². The third-order valence-electron chi connectivity index (χ3n) is 3.73. The number of likely N-dealkylation sites (tertiary alicyclic amines) is 1. The molecule has 0 radical (unpaired) electrons. The predicted octanol–water partition coefficient (Wildman–Crippen LogP) is 1.89. The van der Waals surface area contributed by atoms with Gasteiger partial charge in [0.15, 0.2) is 5.84 Å². The number of nitrogens with zero attached hydrogens (tertiary/aromatic N) is 2. The fourth-order valence-electron chi connectivity index (χ4n) is 2.21. The Morgan fingerprint density at radius 2 is 2.06 bits per heavy atom. The Bertz CT molecular complexity index is 306. The van der Waals surface area contributed by atoms with Crippen molar-refractivity contribution in [2.24, 2.45) is 28.6 Å². The molecule has 0 saturated carbocycles. The van der Waals surface area contributed by atoms with E-state index in [1.807, 2.05) is 6.92 Å². The van der Waals surface area contributed by atoms with Crippen LogP contribution in [0.15, 0.2) is 5.16 Å². The highest BCUT2D eigenvalue weighted by Gasteiger charge is 2.44. The van der Waals surface area contributed by atoms with Gasteiger partial charge in [0.25, 0.3) is 0 Å². The highest BCUT2D eigenvalue weighted by Crippen LogP contribution is 2.29. The van der Waals surface area contributed by atoms with Crippen LogP contribution in [0.25, 0.3) is 0 Å². The highest BCUT2D eigenvalue weighted by atomic mass is 19.4. The number of rotatable bonds is 3. The summed E-state index contributed by atoms with van der Waals surface area (Å²) >= 11 is 0. The average molecular weight is 267 g/mol. The Morgan fingerprint density at radius 1 is 1.44 bits per heavy atom. The van der Waals surface area contributed by atoms with Gasteiger partial charge in [0.2, 0.25) is 0 Å². The lowest BCUT2D eigenvalue weighted by atomic mass is 9.88. The molecule has 0 aromatic heterocycles. The van der Waals surface area contributed by atoms with Crippen LogP contribution >= 0.6 is 0 Å². The van der Waals surface area contributed by atoms with Crippen molar-refractivity contribution in [1.82, 2.24) is 4.90 Å². The molecule has 1 heterocycles. The van der Waals surface area contributed by atoms with Crippen molar-refractivity contribution in [3.05, 3.63) is 0 Å².